The van der Waals surface area contributed by atoms with Crippen molar-refractivity contribution < 1.29 is 9.53 Å². The number of hydrogen-bond acceptors (Lipinski definition) is 3. The first-order chi connectivity index (χ1) is 6.81. The second kappa shape index (κ2) is 4.28. The van der Waals surface area contributed by atoms with Crippen LogP contribution >= 0.6 is 0 Å². The van der Waals surface area contributed by atoms with Gasteiger partial charge in [0.25, 0.3) is 0 Å². The summed E-state index contributed by atoms with van der Waals surface area (Å²) in [5.74, 6) is 0.266. The van der Waals surface area contributed by atoms with Gasteiger partial charge in [-0.2, -0.15) is 0 Å². The molecule has 2 saturated heterocycles. The number of amides is 1. The molecule has 0 aromatic rings. The van der Waals surface area contributed by atoms with Gasteiger partial charge in [-0.25, -0.2) is 0 Å². The number of likely N-dealkylation sites (tertiary alicyclic amines) is 1. The summed E-state index contributed by atoms with van der Waals surface area (Å²) in [6.07, 6.45) is 3.35. The van der Waals surface area contributed by atoms with Gasteiger partial charge in [-0.05, 0) is 25.8 Å². The fourth-order valence-electron chi connectivity index (χ4n) is 2.24. The molecule has 2 rings (SSSR count). The summed E-state index contributed by atoms with van der Waals surface area (Å²) in [4.78, 5) is 13.8. The highest BCUT2D eigenvalue weighted by molar-refractivity contribution is 5.82. The number of methoxy groups -OCH3 is 1. The van der Waals surface area contributed by atoms with Crippen LogP contribution in [0.15, 0.2) is 0 Å². The van der Waals surface area contributed by atoms with Crippen molar-refractivity contribution in [1.82, 2.24) is 10.2 Å². The molecule has 1 N–H and O–H groups in total. The molecular weight excluding hydrogens is 180 g/mol. The maximum Gasteiger partial charge on any atom is 0.239 e. The van der Waals surface area contributed by atoms with Gasteiger partial charge in [0, 0.05) is 20.2 Å². The molecule has 0 aromatic heterocycles. The first kappa shape index (κ1) is 9.93. The third-order valence-corrected chi connectivity index (χ3v) is 3.15. The van der Waals surface area contributed by atoms with E-state index in [0.717, 1.165) is 38.9 Å². The van der Waals surface area contributed by atoms with Crippen molar-refractivity contribution in [3.8, 4) is 0 Å². The summed E-state index contributed by atoms with van der Waals surface area (Å²) in [5, 5.41) is 3.23. The van der Waals surface area contributed by atoms with Crippen LogP contribution in [0.5, 0.6) is 0 Å². The minimum absolute atomic E-state index is 0.0746. The number of rotatable bonds is 2. The van der Waals surface area contributed by atoms with E-state index in [0.29, 0.717) is 0 Å². The largest absolute Gasteiger partial charge is 0.380 e. The van der Waals surface area contributed by atoms with Crippen LogP contribution in [0.2, 0.25) is 0 Å². The van der Waals surface area contributed by atoms with Gasteiger partial charge in [0.15, 0.2) is 0 Å². The van der Waals surface area contributed by atoms with Crippen LogP contribution < -0.4 is 5.32 Å². The predicted molar refractivity (Wildman–Crippen MR) is 53.0 cm³/mol. The van der Waals surface area contributed by atoms with E-state index in [1.54, 1.807) is 7.11 Å². The summed E-state index contributed by atoms with van der Waals surface area (Å²) < 4.78 is 5.24. The Kier molecular flexibility index (Phi) is 3.03. The molecule has 2 unspecified atom stereocenters. The van der Waals surface area contributed by atoms with Gasteiger partial charge in [0.1, 0.15) is 0 Å². The number of hydrogen-bond donors (Lipinski definition) is 1. The Hall–Kier alpha value is -0.610. The minimum Gasteiger partial charge on any atom is -0.380 e. The van der Waals surface area contributed by atoms with E-state index in [1.807, 2.05) is 4.90 Å². The lowest BCUT2D eigenvalue weighted by Gasteiger charge is -2.20. The smallest absolute Gasteiger partial charge is 0.239 e. The van der Waals surface area contributed by atoms with Gasteiger partial charge in [0.2, 0.25) is 5.91 Å². The molecule has 2 fully saturated rings. The highest BCUT2D eigenvalue weighted by Crippen LogP contribution is 2.16. The highest BCUT2D eigenvalue weighted by Gasteiger charge is 2.31. The molecule has 0 bridgehead atoms. The van der Waals surface area contributed by atoms with Crippen molar-refractivity contribution >= 4 is 5.91 Å². The normalized spacial score (nSPS) is 32.5. The van der Waals surface area contributed by atoms with Crippen LogP contribution in [0.1, 0.15) is 19.3 Å². The Balaban J connectivity index is 1.86. The molecule has 0 saturated carbocycles. The predicted octanol–water partition coefficient (Wildman–Crippen LogP) is -0.0143. The fraction of sp³-hybridized carbons (Fsp3) is 0.900. The van der Waals surface area contributed by atoms with Gasteiger partial charge in [-0.15, -0.1) is 0 Å². The third kappa shape index (κ3) is 1.91. The molecule has 1 amide bonds. The SMILES string of the molecule is COC1CCN(C(=O)C2CCCN2)C1. The van der Waals surface area contributed by atoms with Crippen molar-refractivity contribution in [1.29, 1.82) is 0 Å². The van der Waals surface area contributed by atoms with Gasteiger partial charge in [-0.3, -0.25) is 4.79 Å². The Labute approximate surface area is 84.6 Å². The third-order valence-electron chi connectivity index (χ3n) is 3.15. The summed E-state index contributed by atoms with van der Waals surface area (Å²) >= 11 is 0. The van der Waals surface area contributed by atoms with E-state index in [4.69, 9.17) is 4.74 Å². The number of carbonyl (C=O) groups is 1. The topological polar surface area (TPSA) is 41.6 Å². The van der Waals surface area contributed by atoms with Crippen LogP contribution in [-0.4, -0.2) is 49.7 Å². The fourth-order valence-corrected chi connectivity index (χ4v) is 2.24. The van der Waals surface area contributed by atoms with Crippen molar-refractivity contribution in [2.45, 2.75) is 31.4 Å². The number of ether oxygens (including phenoxy) is 1. The molecule has 14 heavy (non-hydrogen) atoms. The molecule has 4 heteroatoms. The van der Waals surface area contributed by atoms with E-state index in [2.05, 4.69) is 5.32 Å². The molecule has 4 nitrogen and oxygen atoms in total. The van der Waals surface area contributed by atoms with E-state index < -0.39 is 0 Å². The van der Waals surface area contributed by atoms with Crippen molar-refractivity contribution in [3.63, 3.8) is 0 Å². The second-order valence-electron chi connectivity index (χ2n) is 4.08. The summed E-state index contributed by atoms with van der Waals surface area (Å²) in [6, 6.07) is 0.0746. The Morgan fingerprint density at radius 1 is 1.50 bits per heavy atom. The van der Waals surface area contributed by atoms with Gasteiger partial charge in [-0.1, -0.05) is 0 Å². The Morgan fingerprint density at radius 2 is 2.36 bits per heavy atom. The Morgan fingerprint density at radius 3 is 2.93 bits per heavy atom. The maximum atomic E-state index is 11.9. The average molecular weight is 198 g/mol. The highest BCUT2D eigenvalue weighted by atomic mass is 16.5. The minimum atomic E-state index is 0.0746. The van der Waals surface area contributed by atoms with E-state index in [1.165, 1.54) is 0 Å². The van der Waals surface area contributed by atoms with E-state index >= 15 is 0 Å². The van der Waals surface area contributed by atoms with Crippen LogP contribution in [-0.2, 0) is 9.53 Å². The van der Waals surface area contributed by atoms with Crippen LogP contribution in [0.4, 0.5) is 0 Å². The lowest BCUT2D eigenvalue weighted by Crippen LogP contribution is -2.42. The zero-order valence-electron chi connectivity index (χ0n) is 8.66. The number of nitrogens with zero attached hydrogens (tertiary/aromatic N) is 1. The van der Waals surface area contributed by atoms with E-state index in [9.17, 15) is 4.79 Å². The monoisotopic (exact) mass is 198 g/mol. The first-order valence-corrected chi connectivity index (χ1v) is 5.36. The quantitative estimate of drug-likeness (QED) is 0.678. The van der Waals surface area contributed by atoms with Crippen molar-refractivity contribution in [2.75, 3.05) is 26.7 Å². The van der Waals surface area contributed by atoms with Gasteiger partial charge < -0.3 is 15.0 Å². The summed E-state index contributed by atoms with van der Waals surface area (Å²) in [7, 11) is 1.71. The lowest BCUT2D eigenvalue weighted by molar-refractivity contribution is -0.132. The standard InChI is InChI=1S/C10H18N2O2/c1-14-8-4-6-12(7-8)10(13)9-3-2-5-11-9/h8-9,11H,2-7H2,1H3. The average Bonchev–Trinajstić information content (AvgIpc) is 2.88. The molecule has 2 aliphatic heterocycles. The van der Waals surface area contributed by atoms with Crippen LogP contribution in [0, 0.1) is 0 Å². The molecule has 0 aliphatic carbocycles. The number of nitrogens with one attached hydrogen (secondary N) is 1. The van der Waals surface area contributed by atoms with Gasteiger partial charge >= 0.3 is 0 Å². The zero-order valence-corrected chi connectivity index (χ0v) is 8.66. The summed E-state index contributed by atoms with van der Waals surface area (Å²) in [5.41, 5.74) is 0. The van der Waals surface area contributed by atoms with Crippen LogP contribution in [0.25, 0.3) is 0 Å². The molecule has 2 atom stereocenters. The molecule has 80 valence electrons. The molecule has 0 aromatic carbocycles. The second-order valence-corrected chi connectivity index (χ2v) is 4.08. The Bertz CT molecular complexity index is 214. The molecule has 0 spiro atoms. The van der Waals surface area contributed by atoms with Crippen LogP contribution in [0.3, 0.4) is 0 Å². The zero-order chi connectivity index (χ0) is 9.97. The molecular formula is C10H18N2O2. The lowest BCUT2D eigenvalue weighted by atomic mass is 10.2. The molecule has 2 aliphatic rings. The van der Waals surface area contributed by atoms with Crippen molar-refractivity contribution in [3.05, 3.63) is 0 Å². The molecule has 2 heterocycles. The van der Waals surface area contributed by atoms with Gasteiger partial charge in [0.05, 0.1) is 12.1 Å². The van der Waals surface area contributed by atoms with E-state index in [-0.39, 0.29) is 18.1 Å². The maximum absolute atomic E-state index is 11.9. The van der Waals surface area contributed by atoms with Crippen molar-refractivity contribution in [2.24, 2.45) is 0 Å². The molecule has 0 radical (unpaired) electrons. The first-order valence-electron chi connectivity index (χ1n) is 5.36. The summed E-state index contributed by atoms with van der Waals surface area (Å²) in [6.45, 7) is 2.61. The number of carbonyl (C=O) groups excluding carboxylic acids is 1.